The number of hydrogen-bond donors (Lipinski definition) is 1. The van der Waals surface area contributed by atoms with E-state index in [1.165, 1.54) is 0 Å². The van der Waals surface area contributed by atoms with Gasteiger partial charge in [-0.15, -0.1) is 12.6 Å². The number of carbonyl (C=O) groups is 1. The predicted octanol–water partition coefficient (Wildman–Crippen LogP) is 3.77. The van der Waals surface area contributed by atoms with E-state index in [9.17, 15) is 4.79 Å². The molecule has 1 aliphatic carbocycles. The highest BCUT2D eigenvalue weighted by atomic mass is 32.1. The Morgan fingerprint density at radius 2 is 2.13 bits per heavy atom. The first-order valence-corrected chi connectivity index (χ1v) is 5.86. The van der Waals surface area contributed by atoms with Crippen molar-refractivity contribution in [2.24, 2.45) is 11.3 Å². The quantitative estimate of drug-likeness (QED) is 0.429. The lowest BCUT2D eigenvalue weighted by Crippen LogP contribution is -2.23. The predicted molar refractivity (Wildman–Crippen MR) is 68.0 cm³/mol. The molecule has 1 nitrogen and oxygen atoms in total. The number of carbonyl (C=O) groups excluding carboxylic acids is 1. The highest BCUT2D eigenvalue weighted by Gasteiger charge is 2.29. The SMILES string of the molecule is C=C(C=O)C1=C(S)CC(C(C)(C)C)CC1. The van der Waals surface area contributed by atoms with Crippen molar-refractivity contribution in [3.63, 3.8) is 0 Å². The van der Waals surface area contributed by atoms with Crippen LogP contribution >= 0.6 is 12.6 Å². The molecule has 2 heteroatoms. The zero-order chi connectivity index (χ0) is 11.6. The molecule has 15 heavy (non-hydrogen) atoms. The van der Waals surface area contributed by atoms with Crippen LogP contribution in [-0.2, 0) is 4.79 Å². The first-order valence-electron chi connectivity index (χ1n) is 5.41. The Bertz CT molecular complexity index is 307. The van der Waals surface area contributed by atoms with Gasteiger partial charge in [0.2, 0.25) is 0 Å². The average molecular weight is 224 g/mol. The molecule has 0 amide bonds. The maximum atomic E-state index is 10.7. The van der Waals surface area contributed by atoms with Crippen LogP contribution in [0.15, 0.2) is 22.6 Å². The molecular weight excluding hydrogens is 204 g/mol. The molecule has 0 radical (unpaired) electrons. The van der Waals surface area contributed by atoms with Crippen LogP contribution in [0, 0.1) is 11.3 Å². The Hall–Kier alpha value is -0.500. The van der Waals surface area contributed by atoms with Gasteiger partial charge >= 0.3 is 0 Å². The van der Waals surface area contributed by atoms with Crippen molar-refractivity contribution in [1.82, 2.24) is 0 Å². The molecule has 1 atom stereocenters. The molecule has 0 aromatic rings. The third-order valence-electron chi connectivity index (χ3n) is 3.29. The third-order valence-corrected chi connectivity index (χ3v) is 3.74. The van der Waals surface area contributed by atoms with E-state index in [0.717, 1.165) is 36.0 Å². The molecule has 0 aliphatic heterocycles. The zero-order valence-electron chi connectivity index (χ0n) is 9.84. The van der Waals surface area contributed by atoms with Gasteiger partial charge in [0.1, 0.15) is 6.29 Å². The van der Waals surface area contributed by atoms with Crippen molar-refractivity contribution < 1.29 is 4.79 Å². The van der Waals surface area contributed by atoms with Crippen LogP contribution in [0.5, 0.6) is 0 Å². The molecule has 0 N–H and O–H groups in total. The van der Waals surface area contributed by atoms with Gasteiger partial charge in [0.25, 0.3) is 0 Å². The van der Waals surface area contributed by atoms with Gasteiger partial charge in [-0.1, -0.05) is 27.4 Å². The summed E-state index contributed by atoms with van der Waals surface area (Å²) in [6, 6.07) is 0. The van der Waals surface area contributed by atoms with Crippen molar-refractivity contribution in [2.75, 3.05) is 0 Å². The first kappa shape index (κ1) is 12.6. The molecule has 0 bridgehead atoms. The molecule has 1 aliphatic rings. The monoisotopic (exact) mass is 224 g/mol. The van der Waals surface area contributed by atoms with Gasteiger partial charge in [-0.25, -0.2) is 0 Å². The Morgan fingerprint density at radius 3 is 2.53 bits per heavy atom. The highest BCUT2D eigenvalue weighted by Crippen LogP contribution is 2.42. The van der Waals surface area contributed by atoms with Crippen LogP contribution in [0.3, 0.4) is 0 Å². The van der Waals surface area contributed by atoms with E-state index in [1.54, 1.807) is 0 Å². The Balaban J connectivity index is 2.83. The second-order valence-electron chi connectivity index (χ2n) is 5.37. The van der Waals surface area contributed by atoms with Crippen LogP contribution in [0.4, 0.5) is 0 Å². The van der Waals surface area contributed by atoms with Crippen molar-refractivity contribution in [3.8, 4) is 0 Å². The fraction of sp³-hybridized carbons (Fsp3) is 0.615. The van der Waals surface area contributed by atoms with Gasteiger partial charge in [-0.3, -0.25) is 4.79 Å². The summed E-state index contributed by atoms with van der Waals surface area (Å²) >= 11 is 4.50. The number of thiol groups is 1. The lowest BCUT2D eigenvalue weighted by Gasteiger charge is -2.35. The van der Waals surface area contributed by atoms with Gasteiger partial charge in [-0.05, 0) is 41.1 Å². The maximum absolute atomic E-state index is 10.7. The van der Waals surface area contributed by atoms with E-state index in [-0.39, 0.29) is 0 Å². The standard InChI is InChI=1S/C13H20OS/c1-9(8-14)11-6-5-10(7-12(11)15)13(2,3)4/h8,10,15H,1,5-7H2,2-4H3. The fourth-order valence-electron chi connectivity index (χ4n) is 2.08. The molecule has 0 saturated heterocycles. The highest BCUT2D eigenvalue weighted by molar-refractivity contribution is 7.84. The molecule has 1 unspecified atom stereocenters. The first-order chi connectivity index (χ1) is 6.86. The third kappa shape index (κ3) is 2.97. The van der Waals surface area contributed by atoms with Gasteiger partial charge in [-0.2, -0.15) is 0 Å². The van der Waals surface area contributed by atoms with E-state index in [1.807, 2.05) is 0 Å². The van der Waals surface area contributed by atoms with Gasteiger partial charge < -0.3 is 0 Å². The van der Waals surface area contributed by atoms with Crippen LogP contribution in [0.2, 0.25) is 0 Å². The summed E-state index contributed by atoms with van der Waals surface area (Å²) in [5.74, 6) is 0.660. The second kappa shape index (κ2) is 4.56. The van der Waals surface area contributed by atoms with Crippen LogP contribution < -0.4 is 0 Å². The molecule has 0 saturated carbocycles. The zero-order valence-corrected chi connectivity index (χ0v) is 10.7. The second-order valence-corrected chi connectivity index (χ2v) is 5.91. The molecule has 0 spiro atoms. The van der Waals surface area contributed by atoms with Crippen molar-refractivity contribution in [2.45, 2.75) is 40.0 Å². The summed E-state index contributed by atoms with van der Waals surface area (Å²) in [7, 11) is 0. The summed E-state index contributed by atoms with van der Waals surface area (Å²) < 4.78 is 0. The molecule has 0 aromatic carbocycles. The van der Waals surface area contributed by atoms with Crippen LogP contribution in [-0.4, -0.2) is 6.29 Å². The minimum atomic E-state index is 0.321. The normalized spacial score (nSPS) is 22.8. The van der Waals surface area contributed by atoms with Gasteiger partial charge in [0.15, 0.2) is 0 Å². The summed E-state index contributed by atoms with van der Waals surface area (Å²) in [6.45, 7) is 10.5. The maximum Gasteiger partial charge on any atom is 0.149 e. The van der Waals surface area contributed by atoms with E-state index >= 15 is 0 Å². The molecule has 0 aromatic heterocycles. The fourth-order valence-corrected chi connectivity index (χ4v) is 2.55. The molecular formula is C13H20OS. The van der Waals surface area contributed by atoms with Crippen LogP contribution in [0.25, 0.3) is 0 Å². The minimum absolute atomic E-state index is 0.321. The lowest BCUT2D eigenvalue weighted by molar-refractivity contribution is -0.104. The van der Waals surface area contributed by atoms with E-state index in [4.69, 9.17) is 0 Å². The van der Waals surface area contributed by atoms with Crippen molar-refractivity contribution in [1.29, 1.82) is 0 Å². The number of rotatable bonds is 2. The van der Waals surface area contributed by atoms with Crippen molar-refractivity contribution in [3.05, 3.63) is 22.6 Å². The van der Waals surface area contributed by atoms with E-state index in [0.29, 0.717) is 16.9 Å². The smallest absolute Gasteiger partial charge is 0.149 e. The molecule has 0 fully saturated rings. The summed E-state index contributed by atoms with van der Waals surface area (Å²) in [5, 5.41) is 0. The Kier molecular flexibility index (Phi) is 3.82. The average Bonchev–Trinajstić information content (AvgIpc) is 2.15. The van der Waals surface area contributed by atoms with Crippen LogP contribution in [0.1, 0.15) is 40.0 Å². The minimum Gasteiger partial charge on any atom is -0.298 e. The summed E-state index contributed by atoms with van der Waals surface area (Å²) in [4.78, 5) is 11.7. The molecule has 1 rings (SSSR count). The number of allylic oxidation sites excluding steroid dienone is 3. The largest absolute Gasteiger partial charge is 0.298 e. The summed E-state index contributed by atoms with van der Waals surface area (Å²) in [6.07, 6.45) is 3.89. The lowest BCUT2D eigenvalue weighted by atomic mass is 9.72. The topological polar surface area (TPSA) is 17.1 Å². The Morgan fingerprint density at radius 1 is 1.53 bits per heavy atom. The van der Waals surface area contributed by atoms with E-state index < -0.39 is 0 Å². The summed E-state index contributed by atoms with van der Waals surface area (Å²) in [5.41, 5.74) is 1.99. The number of aldehydes is 1. The molecule has 0 heterocycles. The van der Waals surface area contributed by atoms with Gasteiger partial charge in [0.05, 0.1) is 0 Å². The van der Waals surface area contributed by atoms with E-state index in [2.05, 4.69) is 40.0 Å². The number of hydrogen-bond acceptors (Lipinski definition) is 2. The molecule has 84 valence electrons. The van der Waals surface area contributed by atoms with Gasteiger partial charge in [0, 0.05) is 5.57 Å². The van der Waals surface area contributed by atoms with Crippen molar-refractivity contribution >= 4 is 18.9 Å². The Labute approximate surface area is 98.1 Å².